The molecule has 0 bridgehead atoms. The molecule has 1 aliphatic carbocycles. The van der Waals surface area contributed by atoms with E-state index in [1.165, 1.54) is 28.4 Å². The van der Waals surface area contributed by atoms with Crippen LogP contribution in [0.2, 0.25) is 0 Å². The van der Waals surface area contributed by atoms with E-state index in [0.717, 1.165) is 12.6 Å². The van der Waals surface area contributed by atoms with Crippen molar-refractivity contribution in [3.63, 3.8) is 0 Å². The first-order chi connectivity index (χ1) is 7.58. The molecule has 1 aliphatic rings. The molecule has 2 rings (SSSR count). The van der Waals surface area contributed by atoms with E-state index >= 15 is 0 Å². The van der Waals surface area contributed by atoms with Crippen LogP contribution < -0.4 is 5.32 Å². The van der Waals surface area contributed by atoms with Crippen molar-refractivity contribution in [3.8, 4) is 0 Å². The highest BCUT2D eigenvalue weighted by Crippen LogP contribution is 2.27. The maximum atomic E-state index is 3.59. The van der Waals surface area contributed by atoms with E-state index in [4.69, 9.17) is 0 Å². The minimum Gasteiger partial charge on any atom is -0.314 e. The minimum absolute atomic E-state index is 0.284. The Morgan fingerprint density at radius 2 is 1.88 bits per heavy atom. The molecule has 0 heterocycles. The third-order valence-corrected chi connectivity index (χ3v) is 4.11. The Labute approximate surface area is 112 Å². The van der Waals surface area contributed by atoms with Gasteiger partial charge in [0.05, 0.1) is 0 Å². The van der Waals surface area contributed by atoms with Crippen molar-refractivity contribution in [2.24, 2.45) is 0 Å². The average Bonchev–Trinajstić information content (AvgIpc) is 3.02. The Balaban J connectivity index is 1.91. The molecule has 88 valence electrons. The summed E-state index contributed by atoms with van der Waals surface area (Å²) in [7, 11) is 0. The molecule has 0 radical (unpaired) electrons. The fourth-order valence-corrected chi connectivity index (χ4v) is 2.28. The molecule has 1 aromatic rings. The predicted molar refractivity (Wildman–Crippen MR) is 77.8 cm³/mol. The van der Waals surface area contributed by atoms with Gasteiger partial charge in [-0.3, -0.25) is 0 Å². The molecule has 1 aromatic carbocycles. The van der Waals surface area contributed by atoms with Crippen LogP contribution in [0.25, 0.3) is 0 Å². The normalized spacial score (nSPS) is 16.4. The zero-order chi connectivity index (χ0) is 11.6. The molecule has 0 spiro atoms. The van der Waals surface area contributed by atoms with Gasteiger partial charge in [0.1, 0.15) is 0 Å². The maximum absolute atomic E-state index is 3.59. The summed E-state index contributed by atoms with van der Waals surface area (Å²) in [6.07, 6.45) is 3.97. The quantitative estimate of drug-likeness (QED) is 0.812. The topological polar surface area (TPSA) is 12.0 Å². The van der Waals surface area contributed by atoms with Crippen LogP contribution in [0.5, 0.6) is 0 Å². The Hall–Kier alpha value is -0.0900. The van der Waals surface area contributed by atoms with Crippen molar-refractivity contribution >= 4 is 22.6 Å². The largest absolute Gasteiger partial charge is 0.314 e. The summed E-state index contributed by atoms with van der Waals surface area (Å²) in [5.74, 6) is 0. The lowest BCUT2D eigenvalue weighted by Crippen LogP contribution is -2.26. The molecular formula is C14H20IN. The Bertz CT molecular complexity index is 338. The summed E-state index contributed by atoms with van der Waals surface area (Å²) < 4.78 is 1.31. The highest BCUT2D eigenvalue weighted by Gasteiger charge is 2.23. The van der Waals surface area contributed by atoms with E-state index in [0.29, 0.717) is 0 Å². The number of nitrogens with one attached hydrogen (secondary N) is 1. The number of hydrogen-bond donors (Lipinski definition) is 1. The molecule has 1 nitrogen and oxygen atoms in total. The van der Waals surface area contributed by atoms with Crippen LogP contribution in [0, 0.1) is 3.57 Å². The zero-order valence-corrected chi connectivity index (χ0v) is 12.3. The van der Waals surface area contributed by atoms with Crippen molar-refractivity contribution in [1.82, 2.24) is 5.32 Å². The molecule has 0 amide bonds. The van der Waals surface area contributed by atoms with Crippen LogP contribution in [0.1, 0.15) is 38.7 Å². The van der Waals surface area contributed by atoms with Crippen LogP contribution in [-0.2, 0) is 5.41 Å². The van der Waals surface area contributed by atoms with Crippen molar-refractivity contribution in [2.75, 3.05) is 6.54 Å². The van der Waals surface area contributed by atoms with Gasteiger partial charge in [-0.15, -0.1) is 0 Å². The predicted octanol–water partition coefficient (Wildman–Crippen LogP) is 3.71. The summed E-state index contributed by atoms with van der Waals surface area (Å²) in [4.78, 5) is 0. The molecule has 0 unspecified atom stereocenters. The summed E-state index contributed by atoms with van der Waals surface area (Å²) in [5, 5.41) is 3.59. The molecular weight excluding hydrogens is 309 g/mol. The van der Waals surface area contributed by atoms with Crippen LogP contribution in [-0.4, -0.2) is 12.6 Å². The standard InChI is InChI=1S/C14H20IN/c1-14(2,9-10-16-13-7-8-13)11-3-5-12(15)6-4-11/h3-6,13,16H,7-10H2,1-2H3. The first-order valence-corrected chi connectivity index (χ1v) is 7.15. The van der Waals surface area contributed by atoms with Gasteiger partial charge < -0.3 is 5.32 Å². The van der Waals surface area contributed by atoms with Gasteiger partial charge >= 0.3 is 0 Å². The van der Waals surface area contributed by atoms with Crippen LogP contribution in [0.4, 0.5) is 0 Å². The fourth-order valence-electron chi connectivity index (χ4n) is 1.92. The fraction of sp³-hybridized carbons (Fsp3) is 0.571. The van der Waals surface area contributed by atoms with E-state index in [2.05, 4.69) is 66.0 Å². The molecule has 0 aromatic heterocycles. The van der Waals surface area contributed by atoms with Gasteiger partial charge in [-0.25, -0.2) is 0 Å². The van der Waals surface area contributed by atoms with E-state index in [9.17, 15) is 0 Å². The number of benzene rings is 1. The molecule has 1 fully saturated rings. The molecule has 2 heteroatoms. The third-order valence-electron chi connectivity index (χ3n) is 3.39. The lowest BCUT2D eigenvalue weighted by Gasteiger charge is -2.25. The molecule has 0 atom stereocenters. The SMILES string of the molecule is CC(C)(CCNC1CC1)c1ccc(I)cc1. The highest BCUT2D eigenvalue weighted by molar-refractivity contribution is 14.1. The summed E-state index contributed by atoms with van der Waals surface area (Å²) in [6, 6.07) is 9.75. The molecule has 1 saturated carbocycles. The monoisotopic (exact) mass is 329 g/mol. The first kappa shape index (κ1) is 12.4. The van der Waals surface area contributed by atoms with E-state index < -0.39 is 0 Å². The Morgan fingerprint density at radius 3 is 2.44 bits per heavy atom. The Morgan fingerprint density at radius 1 is 1.25 bits per heavy atom. The minimum atomic E-state index is 0.284. The molecule has 16 heavy (non-hydrogen) atoms. The first-order valence-electron chi connectivity index (χ1n) is 6.07. The van der Waals surface area contributed by atoms with Crippen molar-refractivity contribution in [2.45, 2.75) is 44.6 Å². The number of halogens is 1. The third kappa shape index (κ3) is 3.45. The van der Waals surface area contributed by atoms with Crippen molar-refractivity contribution in [3.05, 3.63) is 33.4 Å². The summed E-state index contributed by atoms with van der Waals surface area (Å²) in [6.45, 7) is 5.82. The van der Waals surface area contributed by atoms with E-state index in [1.54, 1.807) is 0 Å². The average molecular weight is 329 g/mol. The van der Waals surface area contributed by atoms with Crippen molar-refractivity contribution < 1.29 is 0 Å². The highest BCUT2D eigenvalue weighted by atomic mass is 127. The summed E-state index contributed by atoms with van der Waals surface area (Å²) in [5.41, 5.74) is 1.73. The Kier molecular flexibility index (Phi) is 3.90. The van der Waals surface area contributed by atoms with E-state index in [1.807, 2.05) is 0 Å². The van der Waals surface area contributed by atoms with Gasteiger partial charge in [-0.2, -0.15) is 0 Å². The van der Waals surface area contributed by atoms with Crippen LogP contribution >= 0.6 is 22.6 Å². The smallest absolute Gasteiger partial charge is 0.0130 e. The van der Waals surface area contributed by atoms with Crippen LogP contribution in [0.3, 0.4) is 0 Å². The maximum Gasteiger partial charge on any atom is 0.0130 e. The second-order valence-corrected chi connectivity index (χ2v) is 6.61. The van der Waals surface area contributed by atoms with E-state index in [-0.39, 0.29) is 5.41 Å². The van der Waals surface area contributed by atoms with Crippen molar-refractivity contribution in [1.29, 1.82) is 0 Å². The lowest BCUT2D eigenvalue weighted by molar-refractivity contribution is 0.456. The van der Waals surface area contributed by atoms with Gasteiger partial charge in [-0.1, -0.05) is 26.0 Å². The zero-order valence-electron chi connectivity index (χ0n) is 10.1. The second-order valence-electron chi connectivity index (χ2n) is 5.37. The van der Waals surface area contributed by atoms with Gasteiger partial charge in [0, 0.05) is 9.61 Å². The lowest BCUT2D eigenvalue weighted by atomic mass is 9.81. The van der Waals surface area contributed by atoms with Gasteiger partial charge in [0.15, 0.2) is 0 Å². The molecule has 0 saturated heterocycles. The number of rotatable bonds is 5. The second kappa shape index (κ2) is 5.05. The molecule has 0 aliphatic heterocycles. The van der Waals surface area contributed by atoms with Gasteiger partial charge in [-0.05, 0) is 71.5 Å². The van der Waals surface area contributed by atoms with Gasteiger partial charge in [0.25, 0.3) is 0 Å². The summed E-state index contributed by atoms with van der Waals surface area (Å²) >= 11 is 2.36. The van der Waals surface area contributed by atoms with Crippen LogP contribution in [0.15, 0.2) is 24.3 Å². The van der Waals surface area contributed by atoms with Gasteiger partial charge in [0.2, 0.25) is 0 Å². The number of hydrogen-bond acceptors (Lipinski definition) is 1. The molecule has 1 N–H and O–H groups in total.